The van der Waals surface area contributed by atoms with Crippen molar-refractivity contribution in [1.29, 1.82) is 0 Å². The summed E-state index contributed by atoms with van der Waals surface area (Å²) in [5, 5.41) is 7.67. The molecule has 0 aliphatic heterocycles. The van der Waals surface area contributed by atoms with Crippen molar-refractivity contribution in [3.8, 4) is 0 Å². The maximum absolute atomic E-state index is 12.4. The van der Waals surface area contributed by atoms with Crippen LogP contribution in [0.5, 0.6) is 0 Å². The molecule has 0 atom stereocenters. The standard InChI is InChI=1S/C21H20N2O2S/c1-13-6-7-16(11-14(13)2)20(24)22-17-8-9-18(15(3)12-17)23-21(25)19-5-4-10-26-19/h4-12H,1-3H3,(H,22,24)(H,23,25). The molecule has 132 valence electrons. The average Bonchev–Trinajstić information content (AvgIpc) is 3.14. The molecule has 2 N–H and O–H groups in total. The third kappa shape index (κ3) is 4.00. The number of carbonyl (C=O) groups is 2. The van der Waals surface area contributed by atoms with Crippen molar-refractivity contribution in [3.63, 3.8) is 0 Å². The Balaban J connectivity index is 1.71. The Morgan fingerprint density at radius 3 is 2.27 bits per heavy atom. The highest BCUT2D eigenvalue weighted by molar-refractivity contribution is 7.12. The first kappa shape index (κ1) is 17.9. The first-order valence-electron chi connectivity index (χ1n) is 8.28. The third-order valence-corrected chi connectivity index (χ3v) is 5.12. The quantitative estimate of drug-likeness (QED) is 0.670. The van der Waals surface area contributed by atoms with E-state index in [-0.39, 0.29) is 11.8 Å². The highest BCUT2D eigenvalue weighted by Crippen LogP contribution is 2.22. The second kappa shape index (κ2) is 7.54. The van der Waals surface area contributed by atoms with Crippen LogP contribution in [0.2, 0.25) is 0 Å². The summed E-state index contributed by atoms with van der Waals surface area (Å²) >= 11 is 1.40. The largest absolute Gasteiger partial charge is 0.322 e. The molecule has 0 aliphatic carbocycles. The summed E-state index contributed by atoms with van der Waals surface area (Å²) in [7, 11) is 0. The van der Waals surface area contributed by atoms with Crippen molar-refractivity contribution in [2.24, 2.45) is 0 Å². The topological polar surface area (TPSA) is 58.2 Å². The molecule has 0 spiro atoms. The number of carbonyl (C=O) groups excluding carboxylic acids is 2. The molecule has 0 radical (unpaired) electrons. The molecule has 1 heterocycles. The van der Waals surface area contributed by atoms with E-state index in [1.54, 1.807) is 18.2 Å². The Morgan fingerprint density at radius 2 is 1.62 bits per heavy atom. The van der Waals surface area contributed by atoms with Crippen LogP contribution in [0, 0.1) is 20.8 Å². The van der Waals surface area contributed by atoms with Crippen molar-refractivity contribution < 1.29 is 9.59 Å². The van der Waals surface area contributed by atoms with E-state index in [4.69, 9.17) is 0 Å². The van der Waals surface area contributed by atoms with Crippen LogP contribution in [-0.4, -0.2) is 11.8 Å². The van der Waals surface area contributed by atoms with Crippen LogP contribution in [0.15, 0.2) is 53.9 Å². The van der Waals surface area contributed by atoms with Gasteiger partial charge < -0.3 is 10.6 Å². The summed E-state index contributed by atoms with van der Waals surface area (Å²) in [5.41, 5.74) is 5.17. The molecular formula is C21H20N2O2S. The summed E-state index contributed by atoms with van der Waals surface area (Å²) < 4.78 is 0. The van der Waals surface area contributed by atoms with Crippen LogP contribution in [0.3, 0.4) is 0 Å². The third-order valence-electron chi connectivity index (χ3n) is 4.25. The minimum absolute atomic E-state index is 0.130. The van der Waals surface area contributed by atoms with E-state index < -0.39 is 0 Å². The maximum Gasteiger partial charge on any atom is 0.265 e. The fourth-order valence-electron chi connectivity index (χ4n) is 2.56. The van der Waals surface area contributed by atoms with E-state index in [2.05, 4.69) is 10.6 Å². The summed E-state index contributed by atoms with van der Waals surface area (Å²) in [6, 6.07) is 14.7. The van der Waals surface area contributed by atoms with E-state index in [0.717, 1.165) is 22.4 Å². The molecule has 2 aromatic carbocycles. The molecule has 4 nitrogen and oxygen atoms in total. The van der Waals surface area contributed by atoms with Gasteiger partial charge in [0, 0.05) is 16.9 Å². The minimum Gasteiger partial charge on any atom is -0.322 e. The minimum atomic E-state index is -0.150. The second-order valence-electron chi connectivity index (χ2n) is 6.21. The van der Waals surface area contributed by atoms with Crippen molar-refractivity contribution in [2.45, 2.75) is 20.8 Å². The lowest BCUT2D eigenvalue weighted by Crippen LogP contribution is -2.13. The lowest BCUT2D eigenvalue weighted by atomic mass is 10.1. The number of benzene rings is 2. The zero-order chi connectivity index (χ0) is 18.7. The van der Waals surface area contributed by atoms with Gasteiger partial charge in [0.1, 0.15) is 0 Å². The SMILES string of the molecule is Cc1ccc(C(=O)Nc2ccc(NC(=O)c3cccs3)c(C)c2)cc1C. The van der Waals surface area contributed by atoms with Gasteiger partial charge >= 0.3 is 0 Å². The molecule has 26 heavy (non-hydrogen) atoms. The van der Waals surface area contributed by atoms with E-state index in [9.17, 15) is 9.59 Å². The molecule has 5 heteroatoms. The number of nitrogens with one attached hydrogen (secondary N) is 2. The van der Waals surface area contributed by atoms with Gasteiger partial charge in [-0.25, -0.2) is 0 Å². The predicted molar refractivity (Wildman–Crippen MR) is 107 cm³/mol. The van der Waals surface area contributed by atoms with Crippen molar-refractivity contribution >= 4 is 34.5 Å². The number of hydrogen-bond donors (Lipinski definition) is 2. The van der Waals surface area contributed by atoms with E-state index in [0.29, 0.717) is 16.1 Å². The summed E-state index contributed by atoms with van der Waals surface area (Å²) in [6.45, 7) is 5.90. The molecule has 0 bridgehead atoms. The zero-order valence-corrected chi connectivity index (χ0v) is 15.7. The highest BCUT2D eigenvalue weighted by atomic mass is 32.1. The van der Waals surface area contributed by atoms with E-state index in [1.165, 1.54) is 11.3 Å². The summed E-state index contributed by atoms with van der Waals surface area (Å²) in [6.07, 6.45) is 0. The Morgan fingerprint density at radius 1 is 0.808 bits per heavy atom. The van der Waals surface area contributed by atoms with Gasteiger partial charge in [0.2, 0.25) is 0 Å². The lowest BCUT2D eigenvalue weighted by Gasteiger charge is -2.11. The van der Waals surface area contributed by atoms with Crippen LogP contribution in [0.4, 0.5) is 11.4 Å². The first-order valence-corrected chi connectivity index (χ1v) is 9.16. The number of thiophene rings is 1. The molecular weight excluding hydrogens is 344 g/mol. The van der Waals surface area contributed by atoms with Crippen LogP contribution in [0.25, 0.3) is 0 Å². The molecule has 0 saturated heterocycles. The molecule has 3 aromatic rings. The molecule has 0 unspecified atom stereocenters. The van der Waals surface area contributed by atoms with E-state index >= 15 is 0 Å². The van der Waals surface area contributed by atoms with Gasteiger partial charge in [-0.3, -0.25) is 9.59 Å². The van der Waals surface area contributed by atoms with Crippen molar-refractivity contribution in [1.82, 2.24) is 0 Å². The van der Waals surface area contributed by atoms with Crippen LogP contribution in [0.1, 0.15) is 36.7 Å². The number of aryl methyl sites for hydroxylation is 3. The molecule has 0 fully saturated rings. The van der Waals surface area contributed by atoms with Crippen LogP contribution < -0.4 is 10.6 Å². The normalized spacial score (nSPS) is 10.4. The van der Waals surface area contributed by atoms with Gasteiger partial charge in [0.05, 0.1) is 4.88 Å². The summed E-state index contributed by atoms with van der Waals surface area (Å²) in [5.74, 6) is -0.280. The Bertz CT molecular complexity index is 962. The van der Waals surface area contributed by atoms with Crippen LogP contribution >= 0.6 is 11.3 Å². The van der Waals surface area contributed by atoms with Gasteiger partial charge in [0.15, 0.2) is 0 Å². The maximum atomic E-state index is 12.4. The Hall–Kier alpha value is -2.92. The predicted octanol–water partition coefficient (Wildman–Crippen LogP) is 5.18. The fraction of sp³-hybridized carbons (Fsp3) is 0.143. The Kier molecular flexibility index (Phi) is 5.19. The first-order chi connectivity index (χ1) is 12.4. The molecule has 3 rings (SSSR count). The van der Waals surface area contributed by atoms with E-state index in [1.807, 2.05) is 56.5 Å². The fourth-order valence-corrected chi connectivity index (χ4v) is 3.18. The number of rotatable bonds is 4. The number of anilines is 2. The average molecular weight is 364 g/mol. The lowest BCUT2D eigenvalue weighted by molar-refractivity contribution is 0.102. The Labute approximate surface area is 156 Å². The number of hydrogen-bond acceptors (Lipinski definition) is 3. The molecule has 0 aliphatic rings. The van der Waals surface area contributed by atoms with Crippen LogP contribution in [-0.2, 0) is 0 Å². The smallest absolute Gasteiger partial charge is 0.265 e. The van der Waals surface area contributed by atoms with Gasteiger partial charge in [0.25, 0.3) is 11.8 Å². The van der Waals surface area contributed by atoms with Gasteiger partial charge in [-0.1, -0.05) is 12.1 Å². The zero-order valence-electron chi connectivity index (χ0n) is 14.9. The van der Waals surface area contributed by atoms with Gasteiger partial charge in [-0.05, 0) is 79.2 Å². The monoisotopic (exact) mass is 364 g/mol. The molecule has 0 saturated carbocycles. The van der Waals surface area contributed by atoms with Crippen molar-refractivity contribution in [2.75, 3.05) is 10.6 Å². The van der Waals surface area contributed by atoms with Crippen molar-refractivity contribution in [3.05, 3.63) is 81.0 Å². The van der Waals surface area contributed by atoms with Gasteiger partial charge in [-0.2, -0.15) is 0 Å². The number of amides is 2. The second-order valence-corrected chi connectivity index (χ2v) is 7.16. The molecule has 2 amide bonds. The summed E-state index contributed by atoms with van der Waals surface area (Å²) in [4.78, 5) is 25.3. The molecule has 1 aromatic heterocycles. The van der Waals surface area contributed by atoms with Gasteiger partial charge in [-0.15, -0.1) is 11.3 Å². The highest BCUT2D eigenvalue weighted by Gasteiger charge is 2.11.